The lowest BCUT2D eigenvalue weighted by atomic mass is 9.97. The minimum atomic E-state index is -0.458. The minimum Gasteiger partial charge on any atom is -0.494 e. The van der Waals surface area contributed by atoms with Crippen LogP contribution in [0.15, 0.2) is 12.1 Å². The molecule has 0 amide bonds. The molecular weight excluding hydrogens is 212 g/mol. The van der Waals surface area contributed by atoms with E-state index in [1.54, 1.807) is 0 Å². The van der Waals surface area contributed by atoms with Gasteiger partial charge < -0.3 is 10.1 Å². The van der Waals surface area contributed by atoms with Gasteiger partial charge in [0.25, 0.3) is 0 Å². The molecule has 1 heterocycles. The first-order valence-electron chi connectivity index (χ1n) is 5.48. The van der Waals surface area contributed by atoms with Gasteiger partial charge in [0.05, 0.1) is 7.11 Å². The topological polar surface area (TPSA) is 21.3 Å². The van der Waals surface area contributed by atoms with Gasteiger partial charge in [0, 0.05) is 17.7 Å². The predicted octanol–water partition coefficient (Wildman–Crippen LogP) is 2.79. The van der Waals surface area contributed by atoms with Crippen molar-refractivity contribution in [1.29, 1.82) is 0 Å². The molecule has 1 aliphatic rings. The maximum absolute atomic E-state index is 13.9. The molecule has 0 spiro atoms. The van der Waals surface area contributed by atoms with Crippen LogP contribution in [0.25, 0.3) is 0 Å². The number of methoxy groups -OCH3 is 1. The van der Waals surface area contributed by atoms with Crippen molar-refractivity contribution in [3.05, 3.63) is 29.3 Å². The van der Waals surface area contributed by atoms with Crippen molar-refractivity contribution in [2.24, 2.45) is 0 Å². The van der Waals surface area contributed by atoms with Crippen LogP contribution in [0.2, 0.25) is 0 Å². The fraction of sp³-hybridized carbons (Fsp3) is 0.500. The van der Waals surface area contributed by atoms with E-state index in [4.69, 9.17) is 4.74 Å². The van der Waals surface area contributed by atoms with E-state index in [0.29, 0.717) is 5.56 Å². The predicted molar refractivity (Wildman–Crippen MR) is 57.5 cm³/mol. The Bertz CT molecular complexity index is 376. The summed E-state index contributed by atoms with van der Waals surface area (Å²) in [4.78, 5) is 0. The van der Waals surface area contributed by atoms with Gasteiger partial charge in [-0.05, 0) is 25.5 Å². The number of ether oxygens (including phenoxy) is 1. The van der Waals surface area contributed by atoms with Crippen LogP contribution in [-0.4, -0.2) is 13.7 Å². The Morgan fingerprint density at radius 3 is 2.75 bits per heavy atom. The van der Waals surface area contributed by atoms with Crippen LogP contribution in [0.3, 0.4) is 0 Å². The van der Waals surface area contributed by atoms with Crippen molar-refractivity contribution in [2.45, 2.75) is 25.3 Å². The third kappa shape index (κ3) is 2.16. The lowest BCUT2D eigenvalue weighted by Gasteiger charge is -2.24. The number of hydrogen-bond acceptors (Lipinski definition) is 2. The smallest absolute Gasteiger partial charge is 0.170 e. The normalized spacial score (nSPS) is 20.8. The third-order valence-corrected chi connectivity index (χ3v) is 2.94. The molecule has 0 aliphatic carbocycles. The molecule has 2 nitrogen and oxygen atoms in total. The van der Waals surface area contributed by atoms with E-state index in [9.17, 15) is 8.78 Å². The van der Waals surface area contributed by atoms with E-state index in [-0.39, 0.29) is 11.8 Å². The van der Waals surface area contributed by atoms with E-state index >= 15 is 0 Å². The van der Waals surface area contributed by atoms with Gasteiger partial charge in [0.15, 0.2) is 11.6 Å². The zero-order valence-corrected chi connectivity index (χ0v) is 9.22. The maximum Gasteiger partial charge on any atom is 0.170 e. The number of piperidine rings is 1. The number of benzene rings is 1. The van der Waals surface area contributed by atoms with Crippen molar-refractivity contribution in [2.75, 3.05) is 13.7 Å². The van der Waals surface area contributed by atoms with Crippen LogP contribution in [0.5, 0.6) is 5.75 Å². The van der Waals surface area contributed by atoms with Gasteiger partial charge >= 0.3 is 0 Å². The van der Waals surface area contributed by atoms with Gasteiger partial charge in [-0.3, -0.25) is 0 Å². The van der Waals surface area contributed by atoms with E-state index in [1.807, 2.05) is 0 Å². The van der Waals surface area contributed by atoms with Gasteiger partial charge in [-0.25, -0.2) is 8.78 Å². The summed E-state index contributed by atoms with van der Waals surface area (Å²) in [6, 6.07) is 2.22. The fourth-order valence-corrected chi connectivity index (χ4v) is 2.10. The SMILES string of the molecule is COc1cc(F)cc(C2CCCCN2)c1F. The van der Waals surface area contributed by atoms with Gasteiger partial charge in [0.2, 0.25) is 0 Å². The molecule has 1 aromatic carbocycles. The Balaban J connectivity index is 2.34. The van der Waals surface area contributed by atoms with Crippen LogP contribution < -0.4 is 10.1 Å². The average molecular weight is 227 g/mol. The molecule has 1 aromatic rings. The van der Waals surface area contributed by atoms with Crippen molar-refractivity contribution in [1.82, 2.24) is 5.32 Å². The standard InChI is InChI=1S/C12H15F2NO/c1-16-11-7-8(13)6-9(12(11)14)10-4-2-3-5-15-10/h6-7,10,15H,2-5H2,1H3. The monoisotopic (exact) mass is 227 g/mol. The molecule has 0 bridgehead atoms. The van der Waals surface area contributed by atoms with Gasteiger partial charge in [-0.1, -0.05) is 6.42 Å². The molecule has 0 radical (unpaired) electrons. The number of rotatable bonds is 2. The maximum atomic E-state index is 13.9. The highest BCUT2D eigenvalue weighted by molar-refractivity contribution is 5.34. The first-order valence-corrected chi connectivity index (χ1v) is 5.48. The van der Waals surface area contributed by atoms with Crippen LogP contribution >= 0.6 is 0 Å². The fourth-order valence-electron chi connectivity index (χ4n) is 2.10. The van der Waals surface area contributed by atoms with E-state index < -0.39 is 11.6 Å². The molecule has 0 saturated carbocycles. The minimum absolute atomic E-state index is 0.0256. The van der Waals surface area contributed by atoms with Crippen molar-refractivity contribution in [3.63, 3.8) is 0 Å². The van der Waals surface area contributed by atoms with Gasteiger partial charge in [-0.2, -0.15) is 0 Å². The second-order valence-corrected chi connectivity index (χ2v) is 4.01. The van der Waals surface area contributed by atoms with Gasteiger partial charge in [0.1, 0.15) is 5.82 Å². The summed E-state index contributed by atoms with van der Waals surface area (Å²) in [5, 5.41) is 3.19. The highest BCUT2D eigenvalue weighted by atomic mass is 19.1. The second-order valence-electron chi connectivity index (χ2n) is 4.01. The highest BCUT2D eigenvalue weighted by Gasteiger charge is 2.21. The molecule has 0 aromatic heterocycles. The van der Waals surface area contributed by atoms with Crippen molar-refractivity contribution < 1.29 is 13.5 Å². The molecule has 1 saturated heterocycles. The summed E-state index contributed by atoms with van der Waals surface area (Å²) in [7, 11) is 1.34. The Hall–Kier alpha value is -1.16. The molecule has 1 aliphatic heterocycles. The first-order chi connectivity index (χ1) is 7.72. The Labute approximate surface area is 93.6 Å². The molecule has 88 valence electrons. The van der Waals surface area contributed by atoms with Crippen molar-refractivity contribution >= 4 is 0 Å². The van der Waals surface area contributed by atoms with E-state index in [2.05, 4.69) is 5.32 Å². The van der Waals surface area contributed by atoms with Crippen LogP contribution in [0.4, 0.5) is 8.78 Å². The zero-order valence-electron chi connectivity index (χ0n) is 9.22. The Morgan fingerprint density at radius 1 is 1.31 bits per heavy atom. The first kappa shape index (κ1) is 11.3. The largest absolute Gasteiger partial charge is 0.494 e. The lowest BCUT2D eigenvalue weighted by Crippen LogP contribution is -2.27. The zero-order chi connectivity index (χ0) is 11.5. The van der Waals surface area contributed by atoms with Gasteiger partial charge in [-0.15, -0.1) is 0 Å². The summed E-state index contributed by atoms with van der Waals surface area (Å²) < 4.78 is 32.0. The van der Waals surface area contributed by atoms with E-state index in [0.717, 1.165) is 31.9 Å². The number of hydrogen-bond donors (Lipinski definition) is 1. The summed E-state index contributed by atoms with van der Waals surface area (Å²) >= 11 is 0. The molecule has 4 heteroatoms. The van der Waals surface area contributed by atoms with E-state index in [1.165, 1.54) is 13.2 Å². The second kappa shape index (κ2) is 4.78. The molecule has 1 N–H and O–H groups in total. The molecule has 2 rings (SSSR count). The molecular formula is C12H15F2NO. The molecule has 1 atom stereocenters. The molecule has 16 heavy (non-hydrogen) atoms. The third-order valence-electron chi connectivity index (χ3n) is 2.94. The highest BCUT2D eigenvalue weighted by Crippen LogP contribution is 2.30. The lowest BCUT2D eigenvalue weighted by molar-refractivity contribution is 0.362. The number of halogens is 2. The quantitative estimate of drug-likeness (QED) is 0.838. The van der Waals surface area contributed by atoms with Crippen LogP contribution in [0, 0.1) is 11.6 Å². The summed E-state index contributed by atoms with van der Waals surface area (Å²) in [6.07, 6.45) is 2.96. The molecule has 1 fully saturated rings. The van der Waals surface area contributed by atoms with Crippen molar-refractivity contribution in [3.8, 4) is 5.75 Å². The Morgan fingerprint density at radius 2 is 2.12 bits per heavy atom. The summed E-state index contributed by atoms with van der Waals surface area (Å²) in [5.74, 6) is -0.939. The Kier molecular flexibility index (Phi) is 3.39. The number of nitrogens with one attached hydrogen (secondary N) is 1. The van der Waals surface area contributed by atoms with Crippen LogP contribution in [-0.2, 0) is 0 Å². The summed E-state index contributed by atoms with van der Waals surface area (Å²) in [5.41, 5.74) is 0.372. The summed E-state index contributed by atoms with van der Waals surface area (Å²) in [6.45, 7) is 0.850. The average Bonchev–Trinajstić information content (AvgIpc) is 2.33. The molecule has 1 unspecified atom stereocenters. The van der Waals surface area contributed by atoms with Crippen LogP contribution in [0.1, 0.15) is 30.9 Å².